The number of ether oxygens (including phenoxy) is 2. The van der Waals surface area contributed by atoms with Crippen molar-refractivity contribution in [1.29, 1.82) is 0 Å². The molecule has 2 aromatic carbocycles. The largest absolute Gasteiger partial charge is 0.497 e. The van der Waals surface area contributed by atoms with Gasteiger partial charge in [-0.05, 0) is 64.6 Å². The topological polar surface area (TPSA) is 34.6 Å². The van der Waals surface area contributed by atoms with Crippen molar-refractivity contribution in [3.63, 3.8) is 0 Å². The molecule has 0 unspecified atom stereocenters. The molecule has 4 heteroatoms. The lowest BCUT2D eigenvalue weighted by Crippen LogP contribution is -2.19. The van der Waals surface area contributed by atoms with Crippen LogP contribution in [0.15, 0.2) is 84.2 Å². The summed E-state index contributed by atoms with van der Waals surface area (Å²) in [7, 11) is 3.38. The molecule has 1 aromatic heterocycles. The fourth-order valence-corrected chi connectivity index (χ4v) is 4.02. The summed E-state index contributed by atoms with van der Waals surface area (Å²) in [5, 5.41) is 0. The Morgan fingerprint density at radius 2 is 1.61 bits per heavy atom. The second-order valence-electron chi connectivity index (χ2n) is 7.79. The van der Waals surface area contributed by atoms with Gasteiger partial charge < -0.3 is 9.47 Å². The maximum absolute atomic E-state index is 5.50. The number of methoxy groups -OCH3 is 2. The van der Waals surface area contributed by atoms with Gasteiger partial charge in [0.1, 0.15) is 11.5 Å². The van der Waals surface area contributed by atoms with Gasteiger partial charge in [0, 0.05) is 38.1 Å². The minimum atomic E-state index is 0.800. The summed E-state index contributed by atoms with van der Waals surface area (Å²) >= 11 is 0. The third kappa shape index (κ3) is 5.04. The summed E-state index contributed by atoms with van der Waals surface area (Å²) in [5.74, 6) is 1.60. The predicted octanol–water partition coefficient (Wildman–Crippen LogP) is 5.47. The number of allylic oxidation sites excluding steroid dienone is 1. The van der Waals surface area contributed by atoms with E-state index in [0.29, 0.717) is 0 Å². The molecule has 0 aliphatic carbocycles. The zero-order valence-corrected chi connectivity index (χ0v) is 18.3. The van der Waals surface area contributed by atoms with Crippen LogP contribution in [0.2, 0.25) is 0 Å². The van der Waals surface area contributed by atoms with E-state index in [2.05, 4.69) is 77.5 Å². The minimum absolute atomic E-state index is 0.800. The van der Waals surface area contributed by atoms with Crippen molar-refractivity contribution in [1.82, 2.24) is 9.88 Å². The van der Waals surface area contributed by atoms with E-state index >= 15 is 0 Å². The van der Waals surface area contributed by atoms with Gasteiger partial charge in [0.05, 0.1) is 14.2 Å². The van der Waals surface area contributed by atoms with Crippen LogP contribution >= 0.6 is 0 Å². The fraction of sp³-hybridized carbons (Fsp3) is 0.222. The number of hydrogen-bond donors (Lipinski definition) is 0. The lowest BCUT2D eigenvalue weighted by molar-refractivity contribution is 0.347. The van der Waals surface area contributed by atoms with E-state index < -0.39 is 0 Å². The molecule has 0 amide bonds. The summed E-state index contributed by atoms with van der Waals surface area (Å²) in [6, 6.07) is 20.8. The third-order valence-electron chi connectivity index (χ3n) is 5.70. The molecule has 0 bridgehead atoms. The van der Waals surface area contributed by atoms with Crippen molar-refractivity contribution in [2.45, 2.75) is 13.5 Å². The van der Waals surface area contributed by atoms with Crippen LogP contribution in [0.1, 0.15) is 23.6 Å². The summed E-state index contributed by atoms with van der Waals surface area (Å²) in [4.78, 5) is 6.62. The zero-order chi connectivity index (χ0) is 21.6. The molecular formula is C27H28N2O2. The van der Waals surface area contributed by atoms with Crippen LogP contribution in [0.5, 0.6) is 11.5 Å². The molecule has 0 radical (unpaired) electrons. The van der Waals surface area contributed by atoms with E-state index in [1.165, 1.54) is 27.8 Å². The standard InChI is InChI=1S/C27H28N2O2/c1-20(23-14-25(30-2)16-26(15-23)31-3)27-19-29(17-22-9-11-28-12-10-22)18-24(27)13-21-7-5-4-6-8-21/h4-16H,17-19H2,1-3H3/b24-13-,27-20+. The first-order chi connectivity index (χ1) is 15.2. The Hall–Kier alpha value is -3.37. The Bertz CT molecular complexity index is 1070. The number of aromatic nitrogens is 1. The number of pyridine rings is 1. The highest BCUT2D eigenvalue weighted by Crippen LogP contribution is 2.35. The van der Waals surface area contributed by atoms with Gasteiger partial charge in [-0.15, -0.1) is 0 Å². The quantitative estimate of drug-likeness (QED) is 0.538. The number of nitrogens with zero attached hydrogens (tertiary/aromatic N) is 2. The molecular weight excluding hydrogens is 384 g/mol. The highest BCUT2D eigenvalue weighted by Gasteiger charge is 2.24. The van der Waals surface area contributed by atoms with Gasteiger partial charge in [-0.2, -0.15) is 0 Å². The molecule has 0 spiro atoms. The Balaban J connectivity index is 1.73. The lowest BCUT2D eigenvalue weighted by atomic mass is 9.96. The maximum Gasteiger partial charge on any atom is 0.123 e. The van der Waals surface area contributed by atoms with Gasteiger partial charge in [-0.1, -0.05) is 36.4 Å². The molecule has 31 heavy (non-hydrogen) atoms. The molecule has 1 aliphatic heterocycles. The van der Waals surface area contributed by atoms with Gasteiger partial charge in [0.2, 0.25) is 0 Å². The van der Waals surface area contributed by atoms with Crippen molar-refractivity contribution in [2.75, 3.05) is 27.3 Å². The van der Waals surface area contributed by atoms with Crippen LogP contribution in [0.25, 0.3) is 11.6 Å². The van der Waals surface area contributed by atoms with Gasteiger partial charge in [-0.3, -0.25) is 9.88 Å². The molecule has 0 atom stereocenters. The van der Waals surface area contributed by atoms with E-state index in [4.69, 9.17) is 9.47 Å². The van der Waals surface area contributed by atoms with Crippen LogP contribution in [0.3, 0.4) is 0 Å². The lowest BCUT2D eigenvalue weighted by Gasteiger charge is -2.14. The molecule has 0 saturated carbocycles. The maximum atomic E-state index is 5.50. The molecule has 0 N–H and O–H groups in total. The van der Waals surface area contributed by atoms with Crippen LogP contribution in [0.4, 0.5) is 0 Å². The number of rotatable bonds is 6. The van der Waals surface area contributed by atoms with Crippen molar-refractivity contribution in [3.05, 3.63) is 101 Å². The zero-order valence-electron chi connectivity index (χ0n) is 18.3. The van der Waals surface area contributed by atoms with Crippen LogP contribution in [0, 0.1) is 0 Å². The molecule has 4 nitrogen and oxygen atoms in total. The first kappa shape index (κ1) is 20.9. The smallest absolute Gasteiger partial charge is 0.123 e. The minimum Gasteiger partial charge on any atom is -0.497 e. The predicted molar refractivity (Wildman–Crippen MR) is 126 cm³/mol. The SMILES string of the molecule is COc1cc(OC)cc(/C(C)=C2\CN(Cc3ccncc3)C\C2=C\c2ccccc2)c1. The average Bonchev–Trinajstić information content (AvgIpc) is 3.21. The van der Waals surface area contributed by atoms with Crippen molar-refractivity contribution < 1.29 is 9.47 Å². The van der Waals surface area contributed by atoms with Crippen LogP contribution in [-0.2, 0) is 6.54 Å². The first-order valence-electron chi connectivity index (χ1n) is 10.5. The van der Waals surface area contributed by atoms with Crippen molar-refractivity contribution in [3.8, 4) is 11.5 Å². The highest BCUT2D eigenvalue weighted by atomic mass is 16.5. The van der Waals surface area contributed by atoms with Crippen LogP contribution in [-0.4, -0.2) is 37.2 Å². The number of benzene rings is 2. The van der Waals surface area contributed by atoms with Gasteiger partial charge in [-0.25, -0.2) is 0 Å². The molecule has 158 valence electrons. The second kappa shape index (κ2) is 9.63. The summed E-state index contributed by atoms with van der Waals surface area (Å²) in [5.41, 5.74) is 7.56. The van der Waals surface area contributed by atoms with Gasteiger partial charge in [0.15, 0.2) is 0 Å². The highest BCUT2D eigenvalue weighted by molar-refractivity contribution is 5.77. The number of hydrogen-bond acceptors (Lipinski definition) is 4. The van der Waals surface area contributed by atoms with E-state index in [1.807, 2.05) is 18.5 Å². The molecule has 1 saturated heterocycles. The molecule has 3 aromatic rings. The second-order valence-corrected chi connectivity index (χ2v) is 7.79. The van der Waals surface area contributed by atoms with Crippen molar-refractivity contribution in [2.24, 2.45) is 0 Å². The van der Waals surface area contributed by atoms with E-state index in [-0.39, 0.29) is 0 Å². The van der Waals surface area contributed by atoms with E-state index in [9.17, 15) is 0 Å². The summed E-state index contributed by atoms with van der Waals surface area (Å²) < 4.78 is 11.0. The fourth-order valence-electron chi connectivity index (χ4n) is 4.02. The number of likely N-dealkylation sites (tertiary alicyclic amines) is 1. The third-order valence-corrected chi connectivity index (χ3v) is 5.70. The summed E-state index contributed by atoms with van der Waals surface area (Å²) in [6.45, 7) is 4.89. The molecule has 1 fully saturated rings. The molecule has 2 heterocycles. The summed E-state index contributed by atoms with van der Waals surface area (Å²) in [6.07, 6.45) is 6.02. The Morgan fingerprint density at radius 1 is 0.935 bits per heavy atom. The van der Waals surface area contributed by atoms with E-state index in [0.717, 1.165) is 36.7 Å². The Morgan fingerprint density at radius 3 is 2.26 bits per heavy atom. The van der Waals surface area contributed by atoms with E-state index in [1.54, 1.807) is 14.2 Å². The van der Waals surface area contributed by atoms with Crippen molar-refractivity contribution >= 4 is 11.6 Å². The van der Waals surface area contributed by atoms with Gasteiger partial charge >= 0.3 is 0 Å². The Labute approximate surface area is 184 Å². The first-order valence-corrected chi connectivity index (χ1v) is 10.5. The average molecular weight is 413 g/mol. The van der Waals surface area contributed by atoms with Gasteiger partial charge in [0.25, 0.3) is 0 Å². The normalized spacial score (nSPS) is 17.1. The van der Waals surface area contributed by atoms with Crippen LogP contribution < -0.4 is 9.47 Å². The Kier molecular flexibility index (Phi) is 6.48. The monoisotopic (exact) mass is 412 g/mol. The molecule has 4 rings (SSSR count). The molecule has 1 aliphatic rings.